The number of rotatable bonds is 7. The summed E-state index contributed by atoms with van der Waals surface area (Å²) in [6, 6.07) is 12.1. The number of nitro benzene ring substituents is 1. The molecule has 3 aromatic rings. The molecule has 0 radical (unpaired) electrons. The van der Waals surface area contributed by atoms with Crippen LogP contribution in [0.3, 0.4) is 0 Å². The molecule has 0 aliphatic carbocycles. The molecule has 1 atom stereocenters. The molecule has 0 aliphatic heterocycles. The van der Waals surface area contributed by atoms with E-state index in [4.69, 9.17) is 4.74 Å². The molecule has 0 saturated carbocycles. The van der Waals surface area contributed by atoms with Crippen molar-refractivity contribution in [3.63, 3.8) is 0 Å². The lowest BCUT2D eigenvalue weighted by molar-refractivity contribution is -0.384. The number of nitro groups is 1. The summed E-state index contributed by atoms with van der Waals surface area (Å²) in [5, 5.41) is 17.7. The van der Waals surface area contributed by atoms with E-state index in [1.54, 1.807) is 24.3 Å². The van der Waals surface area contributed by atoms with Crippen molar-refractivity contribution in [2.75, 3.05) is 0 Å². The molecule has 0 saturated heterocycles. The lowest BCUT2D eigenvalue weighted by atomic mass is 10.1. The first-order valence-corrected chi connectivity index (χ1v) is 7.33. The summed E-state index contributed by atoms with van der Waals surface area (Å²) in [6.07, 6.45) is 2.91. The Kier molecular flexibility index (Phi) is 4.74. The first kappa shape index (κ1) is 16.2. The zero-order chi connectivity index (χ0) is 17.6. The van der Waals surface area contributed by atoms with Gasteiger partial charge in [0, 0.05) is 12.1 Å². The van der Waals surface area contributed by atoms with Gasteiger partial charge in [0.1, 0.15) is 30.2 Å². The Morgan fingerprint density at radius 2 is 1.76 bits per heavy atom. The maximum atomic E-state index is 11.1. The van der Waals surface area contributed by atoms with Gasteiger partial charge in [-0.05, 0) is 29.8 Å². The standard InChI is InChI=1S/C16H13N5O4/c22-19-16(9-20-11-17-10-18-20)12-1-5-14(6-2-12)25-15-7-3-13(4-8-15)21(23)24/h1-8,10-11,16H,9H2. The van der Waals surface area contributed by atoms with Crippen LogP contribution in [0.15, 0.2) is 66.4 Å². The molecule has 0 spiro atoms. The van der Waals surface area contributed by atoms with Crippen molar-refractivity contribution in [2.24, 2.45) is 5.18 Å². The third-order valence-electron chi connectivity index (χ3n) is 3.50. The fourth-order valence-corrected chi connectivity index (χ4v) is 2.23. The molecule has 0 bridgehead atoms. The average molecular weight is 339 g/mol. The number of nitroso groups, excluding NO2 is 1. The predicted molar refractivity (Wildman–Crippen MR) is 88.2 cm³/mol. The minimum absolute atomic E-state index is 0.00397. The van der Waals surface area contributed by atoms with Crippen molar-refractivity contribution in [3.8, 4) is 11.5 Å². The second kappa shape index (κ2) is 7.30. The summed E-state index contributed by atoms with van der Waals surface area (Å²) in [5.74, 6) is 1.02. The first-order valence-electron chi connectivity index (χ1n) is 7.33. The molecule has 9 heteroatoms. The average Bonchev–Trinajstić information content (AvgIpc) is 3.14. The van der Waals surface area contributed by atoms with Crippen LogP contribution >= 0.6 is 0 Å². The molecule has 9 nitrogen and oxygen atoms in total. The third-order valence-corrected chi connectivity index (χ3v) is 3.50. The lowest BCUT2D eigenvalue weighted by Crippen LogP contribution is -2.07. The van der Waals surface area contributed by atoms with Gasteiger partial charge in [-0.1, -0.05) is 17.3 Å². The highest BCUT2D eigenvalue weighted by molar-refractivity contribution is 5.39. The summed E-state index contributed by atoms with van der Waals surface area (Å²) in [7, 11) is 0. The molecule has 126 valence electrons. The highest BCUT2D eigenvalue weighted by atomic mass is 16.6. The number of hydrogen-bond acceptors (Lipinski definition) is 7. The van der Waals surface area contributed by atoms with E-state index in [1.165, 1.54) is 41.6 Å². The van der Waals surface area contributed by atoms with Crippen LogP contribution in [0.1, 0.15) is 11.6 Å². The van der Waals surface area contributed by atoms with Crippen LogP contribution in [0.25, 0.3) is 0 Å². The van der Waals surface area contributed by atoms with Gasteiger partial charge in [0.2, 0.25) is 0 Å². The molecule has 1 aromatic heterocycles. The quantitative estimate of drug-likeness (QED) is 0.370. The molecular weight excluding hydrogens is 326 g/mol. The van der Waals surface area contributed by atoms with Gasteiger partial charge in [-0.25, -0.2) is 4.98 Å². The lowest BCUT2D eigenvalue weighted by Gasteiger charge is -2.11. The summed E-state index contributed by atoms with van der Waals surface area (Å²) < 4.78 is 7.16. The van der Waals surface area contributed by atoms with E-state index in [2.05, 4.69) is 15.3 Å². The van der Waals surface area contributed by atoms with Crippen LogP contribution in [0.2, 0.25) is 0 Å². The Morgan fingerprint density at radius 3 is 2.28 bits per heavy atom. The van der Waals surface area contributed by atoms with Gasteiger partial charge in [-0.15, -0.1) is 0 Å². The summed E-state index contributed by atoms with van der Waals surface area (Å²) in [5.41, 5.74) is 0.720. The fourth-order valence-electron chi connectivity index (χ4n) is 2.23. The molecule has 0 amide bonds. The Bertz CT molecular complexity index is 847. The van der Waals surface area contributed by atoms with Crippen LogP contribution in [-0.4, -0.2) is 19.7 Å². The van der Waals surface area contributed by atoms with Gasteiger partial charge in [-0.2, -0.15) is 10.0 Å². The van der Waals surface area contributed by atoms with E-state index in [0.717, 1.165) is 5.56 Å². The van der Waals surface area contributed by atoms with Gasteiger partial charge < -0.3 is 4.74 Å². The number of benzene rings is 2. The van der Waals surface area contributed by atoms with Crippen molar-refractivity contribution < 1.29 is 9.66 Å². The summed E-state index contributed by atoms with van der Waals surface area (Å²) >= 11 is 0. The normalized spacial score (nSPS) is 11.7. The van der Waals surface area contributed by atoms with Gasteiger partial charge in [0.15, 0.2) is 0 Å². The van der Waals surface area contributed by atoms with E-state index in [-0.39, 0.29) is 5.69 Å². The molecule has 0 N–H and O–H groups in total. The monoisotopic (exact) mass is 339 g/mol. The molecule has 0 fully saturated rings. The first-order chi connectivity index (χ1) is 12.2. The smallest absolute Gasteiger partial charge is 0.269 e. The Labute approximate surface area is 142 Å². The number of aromatic nitrogens is 3. The number of nitrogens with zero attached hydrogens (tertiary/aromatic N) is 5. The molecule has 25 heavy (non-hydrogen) atoms. The Hall–Kier alpha value is -3.62. The van der Waals surface area contributed by atoms with Crippen LogP contribution in [0, 0.1) is 15.0 Å². The highest BCUT2D eigenvalue weighted by Gasteiger charge is 2.13. The number of ether oxygens (including phenoxy) is 1. The van der Waals surface area contributed by atoms with Crippen molar-refractivity contribution in [3.05, 3.63) is 81.8 Å². The third kappa shape index (κ3) is 4.02. The SMILES string of the molecule is O=NC(Cn1cncn1)c1ccc(Oc2ccc([N+](=O)[O-])cc2)cc1. The van der Waals surface area contributed by atoms with Crippen LogP contribution in [0.5, 0.6) is 11.5 Å². The predicted octanol–water partition coefficient (Wildman–Crippen LogP) is 3.49. The summed E-state index contributed by atoms with van der Waals surface area (Å²) in [4.78, 5) is 25.1. The van der Waals surface area contributed by atoms with Crippen molar-refractivity contribution in [2.45, 2.75) is 12.6 Å². The molecule has 0 aliphatic rings. The number of non-ortho nitro benzene ring substituents is 1. The zero-order valence-corrected chi connectivity index (χ0v) is 12.9. The van der Waals surface area contributed by atoms with Gasteiger partial charge >= 0.3 is 0 Å². The Balaban J connectivity index is 1.68. The maximum Gasteiger partial charge on any atom is 0.269 e. The second-order valence-corrected chi connectivity index (χ2v) is 5.16. The summed E-state index contributed by atoms with van der Waals surface area (Å²) in [6.45, 7) is 0.298. The minimum Gasteiger partial charge on any atom is -0.457 e. The largest absolute Gasteiger partial charge is 0.457 e. The molecular formula is C16H13N5O4. The van der Waals surface area contributed by atoms with Gasteiger partial charge in [-0.3, -0.25) is 14.8 Å². The van der Waals surface area contributed by atoms with Gasteiger partial charge in [0.05, 0.1) is 11.5 Å². The van der Waals surface area contributed by atoms with E-state index in [9.17, 15) is 15.0 Å². The molecule has 3 rings (SSSR count). The topological polar surface area (TPSA) is 113 Å². The van der Waals surface area contributed by atoms with E-state index in [1.807, 2.05) is 0 Å². The molecule has 1 heterocycles. The van der Waals surface area contributed by atoms with Gasteiger partial charge in [0.25, 0.3) is 5.69 Å². The van der Waals surface area contributed by atoms with Crippen molar-refractivity contribution in [1.29, 1.82) is 0 Å². The second-order valence-electron chi connectivity index (χ2n) is 5.16. The van der Waals surface area contributed by atoms with Crippen LogP contribution in [-0.2, 0) is 6.54 Å². The van der Waals surface area contributed by atoms with E-state index in [0.29, 0.717) is 18.0 Å². The van der Waals surface area contributed by atoms with Crippen molar-refractivity contribution in [1.82, 2.24) is 14.8 Å². The maximum absolute atomic E-state index is 11.1. The van der Waals surface area contributed by atoms with E-state index < -0.39 is 11.0 Å². The minimum atomic E-state index is -0.588. The number of hydrogen-bond donors (Lipinski definition) is 0. The fraction of sp³-hybridized carbons (Fsp3) is 0.125. The van der Waals surface area contributed by atoms with Crippen LogP contribution < -0.4 is 4.74 Å². The molecule has 2 aromatic carbocycles. The van der Waals surface area contributed by atoms with Crippen molar-refractivity contribution >= 4 is 5.69 Å². The van der Waals surface area contributed by atoms with Crippen LogP contribution in [0.4, 0.5) is 5.69 Å². The Morgan fingerprint density at radius 1 is 1.12 bits per heavy atom. The van der Waals surface area contributed by atoms with E-state index >= 15 is 0 Å². The zero-order valence-electron chi connectivity index (χ0n) is 12.9. The highest BCUT2D eigenvalue weighted by Crippen LogP contribution is 2.26. The molecule has 1 unspecified atom stereocenters.